The number of carbonyl (C=O) groups is 1. The van der Waals surface area contributed by atoms with E-state index >= 15 is 0 Å². The minimum absolute atomic E-state index is 0.0216. The third-order valence-corrected chi connectivity index (χ3v) is 7.94. The predicted octanol–water partition coefficient (Wildman–Crippen LogP) is 3.99. The standard InChI is InChI=1S/C25H38ClN6O6P/c1-6-20(11-8-12-26)38-39(34,31-17(4)24(33)37-16(2)3)36-14-18-9-7-10-19(13-18)32-15-28-21-22(32)29-25(27)30-23(21)35-5/h6-8,10-11,15-19,31,34,39H,9,12-14H2,1-5H3,(H2,27,29,30)/b11-8-,20-6+/t17-,18+,19-/m0/s1. The molecule has 0 fully saturated rings. The molecule has 2 aromatic rings. The molecule has 4 N–H and O–H groups in total. The number of rotatable bonds is 13. The number of imidazole rings is 1. The summed E-state index contributed by atoms with van der Waals surface area (Å²) >= 11 is 5.77. The van der Waals surface area contributed by atoms with Crippen molar-refractivity contribution in [2.45, 2.75) is 58.7 Å². The van der Waals surface area contributed by atoms with Crippen molar-refractivity contribution in [2.24, 2.45) is 5.92 Å². The first-order chi connectivity index (χ1) is 18.6. The number of nitrogens with zero attached hydrogens (tertiary/aromatic N) is 4. The maximum absolute atomic E-state index is 12.4. The molecule has 0 bridgehead atoms. The fraction of sp³-hybridized carbons (Fsp3) is 0.520. The number of hydrogen-bond acceptors (Lipinski definition) is 11. The molecule has 0 unspecified atom stereocenters. The van der Waals surface area contributed by atoms with E-state index in [1.54, 1.807) is 52.3 Å². The van der Waals surface area contributed by atoms with Crippen LogP contribution in [0.2, 0.25) is 0 Å². The monoisotopic (exact) mass is 584 g/mol. The molecular weight excluding hydrogens is 547 g/mol. The molecule has 3 atom stereocenters. The van der Waals surface area contributed by atoms with Gasteiger partial charge in [-0.1, -0.05) is 0 Å². The molecule has 0 amide bonds. The number of ether oxygens (including phenoxy) is 2. The Morgan fingerprint density at radius 1 is 1.38 bits per heavy atom. The minimum atomic E-state index is -4.11. The van der Waals surface area contributed by atoms with Gasteiger partial charge in [0.15, 0.2) is 0 Å². The summed E-state index contributed by atoms with van der Waals surface area (Å²) in [5.74, 6) is 0.530. The Kier molecular flexibility index (Phi) is 11.1. The summed E-state index contributed by atoms with van der Waals surface area (Å²) < 4.78 is 24.4. The molecule has 2 heterocycles. The van der Waals surface area contributed by atoms with E-state index in [0.29, 0.717) is 29.2 Å². The average Bonchev–Trinajstić information content (AvgIpc) is 3.33. The fourth-order valence-electron chi connectivity index (χ4n) is 4.09. The summed E-state index contributed by atoms with van der Waals surface area (Å²) in [5, 5.41) is 2.85. The van der Waals surface area contributed by atoms with Gasteiger partial charge in [0.05, 0.1) is 0 Å². The van der Waals surface area contributed by atoms with Gasteiger partial charge in [0.25, 0.3) is 0 Å². The first-order valence-corrected chi connectivity index (χ1v) is 15.0. The topological polar surface area (TPSA) is 156 Å². The number of anilines is 1. The van der Waals surface area contributed by atoms with Crippen molar-refractivity contribution in [1.82, 2.24) is 24.6 Å². The number of hydrogen-bond donors (Lipinski definition) is 3. The zero-order chi connectivity index (χ0) is 28.6. The Morgan fingerprint density at radius 3 is 2.82 bits per heavy atom. The zero-order valence-corrected chi connectivity index (χ0v) is 24.6. The Labute approximate surface area is 233 Å². The summed E-state index contributed by atoms with van der Waals surface area (Å²) in [4.78, 5) is 36.8. The molecule has 0 aromatic carbocycles. The number of methoxy groups -OCH3 is 1. The molecular formula is C25H38ClN6O6P. The van der Waals surface area contributed by atoms with Gasteiger partial charge >= 0.3 is 234 Å². The van der Waals surface area contributed by atoms with Gasteiger partial charge in [-0.05, 0) is 0 Å². The van der Waals surface area contributed by atoms with Crippen LogP contribution in [0, 0.1) is 5.92 Å². The first-order valence-electron chi connectivity index (χ1n) is 12.7. The molecule has 39 heavy (non-hydrogen) atoms. The van der Waals surface area contributed by atoms with E-state index < -0.39 is 20.1 Å². The molecule has 1 aliphatic carbocycles. The Balaban J connectivity index is 1.76. The number of fused-ring (bicyclic) bond motifs is 1. The quantitative estimate of drug-likeness (QED) is 0.0781. The van der Waals surface area contributed by atoms with E-state index in [4.69, 9.17) is 35.9 Å². The van der Waals surface area contributed by atoms with Crippen molar-refractivity contribution < 1.29 is 28.2 Å². The van der Waals surface area contributed by atoms with Crippen LogP contribution >= 0.6 is 19.7 Å². The number of allylic oxidation sites excluding steroid dienone is 5. The van der Waals surface area contributed by atoms with Gasteiger partial charge < -0.3 is 0 Å². The van der Waals surface area contributed by atoms with Gasteiger partial charge in [-0.25, -0.2) is 0 Å². The van der Waals surface area contributed by atoms with E-state index in [2.05, 4.69) is 26.1 Å². The van der Waals surface area contributed by atoms with Crippen LogP contribution in [-0.4, -0.2) is 62.1 Å². The number of aromatic nitrogens is 4. The van der Waals surface area contributed by atoms with Crippen LogP contribution in [0.15, 0.2) is 42.5 Å². The SMILES string of the molecule is C/C=C(\C=C/CCl)O[PH](O)(N[C@@H](C)C(=O)OC(C)C)OC[C@@H]1CC=C[C@H](n2cnc3c(OC)nc(N)nc32)C1. The molecule has 14 heteroatoms. The van der Waals surface area contributed by atoms with E-state index in [0.717, 1.165) is 6.42 Å². The Morgan fingerprint density at radius 2 is 2.15 bits per heavy atom. The van der Waals surface area contributed by atoms with Crippen molar-refractivity contribution >= 4 is 42.8 Å². The van der Waals surface area contributed by atoms with Crippen molar-refractivity contribution in [2.75, 3.05) is 25.3 Å². The molecule has 216 valence electrons. The zero-order valence-electron chi connectivity index (χ0n) is 22.8. The van der Waals surface area contributed by atoms with E-state index in [1.165, 1.54) is 7.11 Å². The number of carbonyl (C=O) groups excluding carboxylic acids is 1. The van der Waals surface area contributed by atoms with Gasteiger partial charge in [0, 0.05) is 0 Å². The normalized spacial score (nSPS) is 19.5. The number of alkyl halides is 1. The number of nitrogen functional groups attached to an aromatic ring is 1. The third kappa shape index (κ3) is 8.36. The van der Waals surface area contributed by atoms with Crippen molar-refractivity contribution in [3.05, 3.63) is 42.5 Å². The molecule has 1 aliphatic rings. The van der Waals surface area contributed by atoms with Gasteiger partial charge in [0.1, 0.15) is 0 Å². The van der Waals surface area contributed by atoms with Crippen LogP contribution in [0.5, 0.6) is 5.88 Å². The van der Waals surface area contributed by atoms with Gasteiger partial charge in [0.2, 0.25) is 0 Å². The molecule has 0 saturated carbocycles. The third-order valence-electron chi connectivity index (χ3n) is 5.89. The first kappa shape index (κ1) is 30.8. The van der Waals surface area contributed by atoms with Gasteiger partial charge in [-0.3, -0.25) is 0 Å². The van der Waals surface area contributed by atoms with Crippen LogP contribution < -0.4 is 15.6 Å². The average molecular weight is 585 g/mol. The Hall–Kier alpha value is -2.76. The number of nitrogens with two attached hydrogens (primary N) is 1. The van der Waals surface area contributed by atoms with E-state index in [9.17, 15) is 9.69 Å². The van der Waals surface area contributed by atoms with Crippen molar-refractivity contribution in [3.8, 4) is 5.88 Å². The Bertz CT molecular complexity index is 1220. The fourth-order valence-corrected chi connectivity index (χ4v) is 6.01. The van der Waals surface area contributed by atoms with Crippen LogP contribution in [0.25, 0.3) is 11.2 Å². The molecule has 0 radical (unpaired) electrons. The molecule has 12 nitrogen and oxygen atoms in total. The van der Waals surface area contributed by atoms with Crippen LogP contribution in [0.3, 0.4) is 0 Å². The molecule has 0 saturated heterocycles. The molecule has 2 aromatic heterocycles. The number of nitrogens with one attached hydrogen (secondary N) is 1. The predicted molar refractivity (Wildman–Crippen MR) is 152 cm³/mol. The summed E-state index contributed by atoms with van der Waals surface area (Å²) in [6.07, 6.45) is 11.9. The van der Waals surface area contributed by atoms with E-state index in [1.807, 2.05) is 10.6 Å². The van der Waals surface area contributed by atoms with Crippen LogP contribution in [-0.2, 0) is 18.6 Å². The second-order valence-electron chi connectivity index (χ2n) is 9.34. The van der Waals surface area contributed by atoms with Crippen molar-refractivity contribution in [3.63, 3.8) is 0 Å². The summed E-state index contributed by atoms with van der Waals surface area (Å²) in [6, 6.07) is -0.951. The second kappa shape index (κ2) is 14.0. The molecule has 0 aliphatic heterocycles. The van der Waals surface area contributed by atoms with Gasteiger partial charge in [-0.15, -0.1) is 0 Å². The summed E-state index contributed by atoms with van der Waals surface area (Å²) in [6.45, 7) is 7.03. The van der Waals surface area contributed by atoms with Crippen LogP contribution in [0.4, 0.5) is 5.95 Å². The summed E-state index contributed by atoms with van der Waals surface area (Å²) in [7, 11) is -2.60. The number of esters is 1. The molecule has 3 rings (SSSR count). The van der Waals surface area contributed by atoms with Crippen molar-refractivity contribution in [1.29, 1.82) is 0 Å². The molecule has 0 spiro atoms. The number of halogens is 1. The summed E-state index contributed by atoms with van der Waals surface area (Å²) in [5.41, 5.74) is 6.96. The van der Waals surface area contributed by atoms with Gasteiger partial charge in [-0.2, -0.15) is 0 Å². The van der Waals surface area contributed by atoms with E-state index in [-0.39, 0.29) is 36.5 Å². The van der Waals surface area contributed by atoms with Crippen LogP contribution in [0.1, 0.15) is 46.6 Å². The second-order valence-corrected chi connectivity index (χ2v) is 11.6. The maximum atomic E-state index is 12.4.